The van der Waals surface area contributed by atoms with Gasteiger partial charge in [0, 0.05) is 5.57 Å². The number of rotatable bonds is 2. The van der Waals surface area contributed by atoms with Crippen LogP contribution in [0.4, 0.5) is 0 Å². The monoisotopic (exact) mass is 171 g/mol. The third-order valence-electron chi connectivity index (χ3n) is 1.39. The van der Waals surface area contributed by atoms with E-state index in [1.54, 1.807) is 13.0 Å². The molecule has 0 saturated carbocycles. The SMILES string of the molecule is C/C(S)=C(C)/C=C(\C)C(N)=O. The second-order valence-corrected chi connectivity index (χ2v) is 3.13. The van der Waals surface area contributed by atoms with Crippen molar-refractivity contribution in [3.63, 3.8) is 0 Å². The van der Waals surface area contributed by atoms with Crippen LogP contribution in [-0.4, -0.2) is 5.91 Å². The molecule has 0 atom stereocenters. The Morgan fingerprint density at radius 3 is 2.09 bits per heavy atom. The van der Waals surface area contributed by atoms with Gasteiger partial charge in [-0.25, -0.2) is 0 Å². The van der Waals surface area contributed by atoms with Crippen LogP contribution in [0.5, 0.6) is 0 Å². The standard InChI is InChI=1S/C8H13NOS/c1-5(7(3)11)4-6(2)8(9)10/h4,11H,1-3H3,(H2,9,10)/b6-4+,7-5-. The zero-order valence-corrected chi connectivity index (χ0v) is 7.90. The summed E-state index contributed by atoms with van der Waals surface area (Å²) in [6.07, 6.45) is 1.73. The summed E-state index contributed by atoms with van der Waals surface area (Å²) >= 11 is 4.12. The Balaban J connectivity index is 4.58. The number of nitrogens with two attached hydrogens (primary N) is 1. The number of allylic oxidation sites excluding steroid dienone is 3. The average Bonchev–Trinajstić information content (AvgIpc) is 1.87. The molecule has 0 aromatic heterocycles. The molecule has 0 fully saturated rings. The van der Waals surface area contributed by atoms with Gasteiger partial charge in [-0.05, 0) is 31.2 Å². The summed E-state index contributed by atoms with van der Waals surface area (Å²) < 4.78 is 0. The lowest BCUT2D eigenvalue weighted by atomic mass is 10.2. The predicted molar refractivity (Wildman–Crippen MR) is 50.3 cm³/mol. The van der Waals surface area contributed by atoms with Gasteiger partial charge in [0.05, 0.1) is 0 Å². The van der Waals surface area contributed by atoms with E-state index in [9.17, 15) is 4.79 Å². The van der Waals surface area contributed by atoms with Gasteiger partial charge in [0.15, 0.2) is 0 Å². The van der Waals surface area contributed by atoms with E-state index in [0.29, 0.717) is 5.57 Å². The van der Waals surface area contributed by atoms with Crippen molar-refractivity contribution < 1.29 is 4.79 Å². The third kappa shape index (κ3) is 3.88. The normalized spacial score (nSPS) is 14.4. The molecule has 0 saturated heterocycles. The molecule has 0 aliphatic rings. The molecule has 0 aromatic carbocycles. The summed E-state index contributed by atoms with van der Waals surface area (Å²) in [5.74, 6) is -0.390. The van der Waals surface area contributed by atoms with Crippen LogP contribution in [0.25, 0.3) is 0 Å². The molecule has 2 N–H and O–H groups in total. The molecule has 2 nitrogen and oxygen atoms in total. The highest BCUT2D eigenvalue weighted by atomic mass is 32.1. The van der Waals surface area contributed by atoms with Crippen molar-refractivity contribution in [2.45, 2.75) is 20.8 Å². The van der Waals surface area contributed by atoms with E-state index in [2.05, 4.69) is 12.6 Å². The number of primary amides is 1. The van der Waals surface area contributed by atoms with Crippen LogP contribution in [0, 0.1) is 0 Å². The minimum absolute atomic E-state index is 0.390. The zero-order valence-electron chi connectivity index (χ0n) is 7.01. The minimum Gasteiger partial charge on any atom is -0.366 e. The Labute approximate surface area is 72.6 Å². The molecule has 62 valence electrons. The topological polar surface area (TPSA) is 43.1 Å². The van der Waals surface area contributed by atoms with Gasteiger partial charge in [0.25, 0.3) is 0 Å². The number of thiol groups is 1. The lowest BCUT2D eigenvalue weighted by Gasteiger charge is -1.97. The number of carbonyl (C=O) groups is 1. The molecule has 11 heavy (non-hydrogen) atoms. The summed E-state index contributed by atoms with van der Waals surface area (Å²) in [6.45, 7) is 5.43. The first-order valence-corrected chi connectivity index (χ1v) is 3.74. The summed E-state index contributed by atoms with van der Waals surface area (Å²) in [7, 11) is 0. The molecular weight excluding hydrogens is 158 g/mol. The maximum Gasteiger partial charge on any atom is 0.244 e. The van der Waals surface area contributed by atoms with Gasteiger partial charge in [-0.15, -0.1) is 12.6 Å². The van der Waals surface area contributed by atoms with Crippen molar-refractivity contribution >= 4 is 18.5 Å². The molecule has 0 aliphatic carbocycles. The molecule has 0 rings (SSSR count). The van der Waals surface area contributed by atoms with Crippen molar-refractivity contribution in [2.24, 2.45) is 5.73 Å². The smallest absolute Gasteiger partial charge is 0.244 e. The fourth-order valence-corrected chi connectivity index (χ4v) is 0.565. The lowest BCUT2D eigenvalue weighted by molar-refractivity contribution is -0.114. The summed E-state index contributed by atoms with van der Waals surface area (Å²) in [6, 6.07) is 0. The van der Waals surface area contributed by atoms with Gasteiger partial charge in [0.2, 0.25) is 5.91 Å². The van der Waals surface area contributed by atoms with Crippen molar-refractivity contribution in [1.82, 2.24) is 0 Å². The first kappa shape index (κ1) is 10.3. The van der Waals surface area contributed by atoms with Gasteiger partial charge in [-0.1, -0.05) is 6.08 Å². The molecule has 0 heterocycles. The Bertz CT molecular complexity index is 224. The zero-order chi connectivity index (χ0) is 9.02. The maximum atomic E-state index is 10.6. The largest absolute Gasteiger partial charge is 0.366 e. The first-order valence-electron chi connectivity index (χ1n) is 3.29. The minimum atomic E-state index is -0.390. The van der Waals surface area contributed by atoms with Crippen LogP contribution in [0.15, 0.2) is 22.1 Å². The van der Waals surface area contributed by atoms with E-state index in [4.69, 9.17) is 5.73 Å². The van der Waals surface area contributed by atoms with Crippen molar-refractivity contribution in [3.8, 4) is 0 Å². The average molecular weight is 171 g/mol. The first-order chi connectivity index (χ1) is 4.95. The fraction of sp³-hybridized carbons (Fsp3) is 0.375. The highest BCUT2D eigenvalue weighted by Crippen LogP contribution is 2.10. The summed E-state index contributed by atoms with van der Waals surface area (Å²) in [5, 5.41) is 0. The fourth-order valence-electron chi connectivity index (χ4n) is 0.500. The van der Waals surface area contributed by atoms with Crippen LogP contribution in [0.3, 0.4) is 0 Å². The molecule has 1 amide bonds. The second-order valence-electron chi connectivity index (χ2n) is 2.46. The molecule has 0 spiro atoms. The summed E-state index contributed by atoms with van der Waals surface area (Å²) in [5.41, 5.74) is 6.54. The highest BCUT2D eigenvalue weighted by molar-refractivity contribution is 7.84. The van der Waals surface area contributed by atoms with Crippen molar-refractivity contribution in [2.75, 3.05) is 0 Å². The lowest BCUT2D eigenvalue weighted by Crippen LogP contribution is -2.11. The molecule has 0 radical (unpaired) electrons. The van der Waals surface area contributed by atoms with Gasteiger partial charge in [-0.3, -0.25) is 4.79 Å². The highest BCUT2D eigenvalue weighted by Gasteiger charge is 1.96. The van der Waals surface area contributed by atoms with Crippen molar-refractivity contribution in [1.29, 1.82) is 0 Å². The van der Waals surface area contributed by atoms with E-state index < -0.39 is 0 Å². The number of carbonyl (C=O) groups excluding carboxylic acids is 1. The Hall–Kier alpha value is -0.700. The van der Waals surface area contributed by atoms with Crippen LogP contribution < -0.4 is 5.73 Å². The van der Waals surface area contributed by atoms with E-state index in [1.807, 2.05) is 13.8 Å². The maximum absolute atomic E-state index is 10.6. The van der Waals surface area contributed by atoms with Crippen LogP contribution in [0.2, 0.25) is 0 Å². The van der Waals surface area contributed by atoms with Crippen LogP contribution in [-0.2, 0) is 4.79 Å². The number of hydrogen-bond donors (Lipinski definition) is 2. The van der Waals surface area contributed by atoms with Gasteiger partial charge in [0.1, 0.15) is 0 Å². The van der Waals surface area contributed by atoms with E-state index in [1.165, 1.54) is 0 Å². The quantitative estimate of drug-likeness (QED) is 0.370. The molecule has 0 aromatic rings. The number of amides is 1. The van der Waals surface area contributed by atoms with Crippen molar-refractivity contribution in [3.05, 3.63) is 22.1 Å². The van der Waals surface area contributed by atoms with E-state index >= 15 is 0 Å². The van der Waals surface area contributed by atoms with Gasteiger partial charge < -0.3 is 5.73 Å². The van der Waals surface area contributed by atoms with E-state index in [0.717, 1.165) is 10.5 Å². The Morgan fingerprint density at radius 2 is 1.82 bits per heavy atom. The second kappa shape index (κ2) is 4.23. The Kier molecular flexibility index (Phi) is 3.97. The number of hydrogen-bond acceptors (Lipinski definition) is 2. The molecular formula is C8H13NOS. The summed E-state index contributed by atoms with van der Waals surface area (Å²) in [4.78, 5) is 11.5. The predicted octanol–water partition coefficient (Wildman–Crippen LogP) is 1.64. The molecule has 0 unspecified atom stereocenters. The van der Waals surface area contributed by atoms with Crippen LogP contribution in [0.1, 0.15) is 20.8 Å². The molecule has 3 heteroatoms. The Morgan fingerprint density at radius 1 is 1.36 bits per heavy atom. The van der Waals surface area contributed by atoms with E-state index in [-0.39, 0.29) is 5.91 Å². The van der Waals surface area contributed by atoms with Crippen LogP contribution >= 0.6 is 12.6 Å². The molecule has 0 aliphatic heterocycles. The third-order valence-corrected chi connectivity index (χ3v) is 1.75. The van der Waals surface area contributed by atoms with Gasteiger partial charge in [-0.2, -0.15) is 0 Å². The van der Waals surface area contributed by atoms with Gasteiger partial charge >= 0.3 is 0 Å². The molecule has 0 bridgehead atoms.